The van der Waals surface area contributed by atoms with Crippen molar-refractivity contribution in [3.8, 4) is 0 Å². The monoisotopic (exact) mass is 452 g/mol. The fourth-order valence-corrected chi connectivity index (χ4v) is 5.09. The molecule has 1 amide bonds. The number of aromatic nitrogens is 2. The summed E-state index contributed by atoms with van der Waals surface area (Å²) in [5.41, 5.74) is 1.32. The van der Waals surface area contributed by atoms with E-state index in [9.17, 15) is 22.7 Å². The summed E-state index contributed by atoms with van der Waals surface area (Å²) in [6.07, 6.45) is -0.167. The number of hydrogen-bond donors (Lipinski definition) is 3. The third kappa shape index (κ3) is 3.85. The van der Waals surface area contributed by atoms with E-state index in [4.69, 9.17) is 11.6 Å². The van der Waals surface area contributed by atoms with Crippen molar-refractivity contribution < 1.29 is 22.7 Å². The Balaban J connectivity index is 1.58. The van der Waals surface area contributed by atoms with Gasteiger partial charge in [-0.05, 0) is 49.2 Å². The average molecular weight is 453 g/mol. The number of anilines is 2. The van der Waals surface area contributed by atoms with Crippen molar-refractivity contribution in [2.45, 2.75) is 24.2 Å². The predicted octanol–water partition coefficient (Wildman–Crippen LogP) is 2.88. The van der Waals surface area contributed by atoms with Gasteiger partial charge in [-0.15, -0.1) is 0 Å². The maximum absolute atomic E-state index is 13.3. The number of carbonyl (C=O) groups excluding carboxylic acids is 1. The molecule has 0 atom stereocenters. The maximum Gasteiger partial charge on any atom is 0.274 e. The molecule has 1 heterocycles. The summed E-state index contributed by atoms with van der Waals surface area (Å²) in [5, 5.41) is 16.0. The van der Waals surface area contributed by atoms with Crippen molar-refractivity contribution in [3.05, 3.63) is 52.9 Å². The Morgan fingerprint density at radius 3 is 2.60 bits per heavy atom. The lowest BCUT2D eigenvalue weighted by atomic mass is 9.96. The number of aliphatic hydroxyl groups excluding tert-OH is 1. The molecule has 0 saturated heterocycles. The van der Waals surface area contributed by atoms with Crippen LogP contribution in [-0.4, -0.2) is 40.6 Å². The van der Waals surface area contributed by atoms with Crippen LogP contribution in [0.25, 0.3) is 10.9 Å². The largest absolute Gasteiger partial charge is 0.393 e. The Bertz CT molecular complexity index is 1250. The molecule has 2 aromatic carbocycles. The topological polar surface area (TPSA) is 113 Å². The first-order valence-corrected chi connectivity index (χ1v) is 11.0. The lowest BCUT2D eigenvalue weighted by Gasteiger charge is -2.30. The van der Waals surface area contributed by atoms with E-state index in [2.05, 4.69) is 15.1 Å². The van der Waals surface area contributed by atoms with Gasteiger partial charge in [0.25, 0.3) is 5.91 Å². The first kappa shape index (κ1) is 20.6. The number of fused-ring (bicyclic) bond motifs is 1. The molecule has 4 rings (SSSR count). The van der Waals surface area contributed by atoms with Crippen molar-refractivity contribution in [2.75, 3.05) is 10.0 Å². The highest BCUT2D eigenvalue weighted by Gasteiger charge is 2.37. The highest BCUT2D eigenvalue weighted by Crippen LogP contribution is 2.30. The van der Waals surface area contributed by atoms with E-state index in [1.165, 1.54) is 22.9 Å². The van der Waals surface area contributed by atoms with Crippen LogP contribution in [0.2, 0.25) is 5.02 Å². The molecule has 11 heteroatoms. The minimum atomic E-state index is -3.61. The standard InChI is InChI=1S/C19H18ClFN4O4S/c1-25-18(19(27)22-10-3-5-16(21)15(20)6-10)14-4-2-11(7-17(14)23-25)24-30(28,29)13-8-12(26)9-13/h2-7,12-13,24,26H,8-9H2,1H3,(H,22,27). The Labute approximate surface area is 176 Å². The number of aliphatic hydroxyl groups is 1. The van der Waals surface area contributed by atoms with Gasteiger partial charge in [0.1, 0.15) is 11.5 Å². The molecule has 1 aliphatic carbocycles. The van der Waals surface area contributed by atoms with Gasteiger partial charge >= 0.3 is 0 Å². The van der Waals surface area contributed by atoms with Gasteiger partial charge in [0.15, 0.2) is 0 Å². The molecule has 0 aliphatic heterocycles. The van der Waals surface area contributed by atoms with Gasteiger partial charge in [-0.25, -0.2) is 12.8 Å². The number of nitrogens with one attached hydrogen (secondary N) is 2. The zero-order chi connectivity index (χ0) is 21.6. The van der Waals surface area contributed by atoms with Crippen LogP contribution in [0.15, 0.2) is 36.4 Å². The van der Waals surface area contributed by atoms with Crippen molar-refractivity contribution in [2.24, 2.45) is 7.05 Å². The van der Waals surface area contributed by atoms with Gasteiger partial charge in [-0.1, -0.05) is 11.6 Å². The molecule has 1 fully saturated rings. The second-order valence-corrected chi connectivity index (χ2v) is 9.55. The number of hydrogen-bond acceptors (Lipinski definition) is 5. The van der Waals surface area contributed by atoms with Gasteiger partial charge in [0.05, 0.1) is 27.6 Å². The number of aryl methyl sites for hydroxylation is 1. The lowest BCUT2D eigenvalue weighted by molar-refractivity contribution is 0.0978. The van der Waals surface area contributed by atoms with E-state index in [0.29, 0.717) is 22.3 Å². The van der Waals surface area contributed by atoms with E-state index in [0.717, 1.165) is 6.07 Å². The van der Waals surface area contributed by atoms with E-state index >= 15 is 0 Å². The Morgan fingerprint density at radius 2 is 1.93 bits per heavy atom. The molecule has 8 nitrogen and oxygen atoms in total. The zero-order valence-corrected chi connectivity index (χ0v) is 17.3. The van der Waals surface area contributed by atoms with Crippen LogP contribution in [-0.2, 0) is 17.1 Å². The smallest absolute Gasteiger partial charge is 0.274 e. The molecule has 0 radical (unpaired) electrons. The molecule has 0 bridgehead atoms. The summed E-state index contributed by atoms with van der Waals surface area (Å²) in [4.78, 5) is 12.7. The second kappa shape index (κ2) is 7.53. The lowest BCUT2D eigenvalue weighted by Crippen LogP contribution is -2.42. The van der Waals surface area contributed by atoms with Gasteiger partial charge in [0.2, 0.25) is 10.0 Å². The summed E-state index contributed by atoms with van der Waals surface area (Å²) >= 11 is 5.75. The Morgan fingerprint density at radius 1 is 1.23 bits per heavy atom. The number of amides is 1. The van der Waals surface area contributed by atoms with Gasteiger partial charge in [0, 0.05) is 18.1 Å². The second-order valence-electron chi connectivity index (χ2n) is 7.18. The quantitative estimate of drug-likeness (QED) is 0.551. The van der Waals surface area contributed by atoms with E-state index in [1.54, 1.807) is 19.2 Å². The summed E-state index contributed by atoms with van der Waals surface area (Å²) in [6, 6.07) is 8.52. The zero-order valence-electron chi connectivity index (χ0n) is 15.8. The SMILES string of the molecule is Cn1nc2cc(NS(=O)(=O)C3CC(O)C3)ccc2c1C(=O)Nc1ccc(F)c(Cl)c1. The van der Waals surface area contributed by atoms with Crippen molar-refractivity contribution in [1.82, 2.24) is 9.78 Å². The first-order valence-electron chi connectivity index (χ1n) is 9.07. The van der Waals surface area contributed by atoms with E-state index in [-0.39, 0.29) is 23.6 Å². The molecule has 1 aliphatic rings. The van der Waals surface area contributed by atoms with Crippen LogP contribution in [0.1, 0.15) is 23.3 Å². The maximum atomic E-state index is 13.3. The Hall–Kier alpha value is -2.69. The molecular formula is C19H18ClFN4O4S. The van der Waals surface area contributed by atoms with Crippen LogP contribution in [0, 0.1) is 5.82 Å². The highest BCUT2D eigenvalue weighted by molar-refractivity contribution is 7.93. The van der Waals surface area contributed by atoms with E-state index in [1.807, 2.05) is 0 Å². The van der Waals surface area contributed by atoms with Crippen molar-refractivity contribution in [1.29, 1.82) is 0 Å². The van der Waals surface area contributed by atoms with Crippen molar-refractivity contribution in [3.63, 3.8) is 0 Å². The molecule has 1 aromatic heterocycles. The fraction of sp³-hybridized carbons (Fsp3) is 0.263. The average Bonchev–Trinajstić information content (AvgIpc) is 2.96. The number of rotatable bonds is 5. The third-order valence-corrected chi connectivity index (χ3v) is 7.07. The molecule has 3 N–H and O–H groups in total. The molecular weight excluding hydrogens is 435 g/mol. The van der Waals surface area contributed by atoms with E-state index < -0.39 is 33.1 Å². The van der Waals surface area contributed by atoms with Crippen molar-refractivity contribution >= 4 is 49.8 Å². The Kier molecular flexibility index (Phi) is 5.16. The molecule has 158 valence electrons. The molecule has 1 saturated carbocycles. The number of halogens is 2. The molecule has 3 aromatic rings. The summed E-state index contributed by atoms with van der Waals surface area (Å²) < 4.78 is 41.9. The van der Waals surface area contributed by atoms with Crippen LogP contribution in [0.3, 0.4) is 0 Å². The minimum absolute atomic E-state index is 0.112. The number of carbonyl (C=O) groups is 1. The number of nitrogens with zero attached hydrogens (tertiary/aromatic N) is 2. The van der Waals surface area contributed by atoms with Gasteiger partial charge < -0.3 is 10.4 Å². The number of sulfonamides is 1. The highest BCUT2D eigenvalue weighted by atomic mass is 35.5. The van der Waals surface area contributed by atoms with Gasteiger partial charge in [-0.2, -0.15) is 5.10 Å². The molecule has 30 heavy (non-hydrogen) atoms. The first-order chi connectivity index (χ1) is 14.1. The molecule has 0 spiro atoms. The van der Waals surface area contributed by atoms with Crippen LogP contribution >= 0.6 is 11.6 Å². The third-order valence-electron chi connectivity index (χ3n) is 5.00. The predicted molar refractivity (Wildman–Crippen MR) is 112 cm³/mol. The molecule has 0 unspecified atom stereocenters. The van der Waals surface area contributed by atoms with Crippen LogP contribution in [0.5, 0.6) is 0 Å². The number of benzene rings is 2. The fourth-order valence-electron chi connectivity index (χ4n) is 3.34. The van der Waals surface area contributed by atoms with Crippen LogP contribution < -0.4 is 10.0 Å². The van der Waals surface area contributed by atoms with Gasteiger partial charge in [-0.3, -0.25) is 14.2 Å². The normalized spacial score (nSPS) is 18.8. The summed E-state index contributed by atoms with van der Waals surface area (Å²) in [7, 11) is -2.02. The summed E-state index contributed by atoms with van der Waals surface area (Å²) in [5.74, 6) is -1.06. The summed E-state index contributed by atoms with van der Waals surface area (Å²) in [6.45, 7) is 0. The van der Waals surface area contributed by atoms with Crippen LogP contribution in [0.4, 0.5) is 15.8 Å². The minimum Gasteiger partial charge on any atom is -0.393 e.